The third-order valence-electron chi connectivity index (χ3n) is 2.47. The molecule has 0 aliphatic rings. The molecule has 0 saturated heterocycles. The number of carbonyl (C=O) groups is 1. The summed E-state index contributed by atoms with van der Waals surface area (Å²) in [6.07, 6.45) is 2.98. The number of amides is 1. The Morgan fingerprint density at radius 3 is 2.56 bits per heavy atom. The van der Waals surface area contributed by atoms with Gasteiger partial charge in [-0.1, -0.05) is 25.5 Å². The summed E-state index contributed by atoms with van der Waals surface area (Å²) in [5.41, 5.74) is 7.35. The van der Waals surface area contributed by atoms with Crippen LogP contribution >= 0.6 is 0 Å². The minimum atomic E-state index is 0.00717. The second kappa shape index (κ2) is 7.01. The van der Waals surface area contributed by atoms with Crippen LogP contribution in [0.15, 0.2) is 24.3 Å². The Bertz CT molecular complexity index is 319. The zero-order chi connectivity index (χ0) is 11.8. The first-order chi connectivity index (χ1) is 7.77. The highest BCUT2D eigenvalue weighted by Gasteiger charge is 2.03. The first-order valence-electron chi connectivity index (χ1n) is 5.85. The summed E-state index contributed by atoms with van der Waals surface area (Å²) >= 11 is 0. The maximum Gasteiger partial charge on any atom is 0.251 e. The van der Waals surface area contributed by atoms with Gasteiger partial charge in [-0.05, 0) is 37.1 Å². The first-order valence-corrected chi connectivity index (χ1v) is 5.85. The maximum absolute atomic E-state index is 11.7. The molecule has 0 saturated carbocycles. The van der Waals surface area contributed by atoms with Crippen LogP contribution in [0.1, 0.15) is 35.7 Å². The fourth-order valence-electron chi connectivity index (χ4n) is 1.47. The second-order valence-corrected chi connectivity index (χ2v) is 3.85. The molecule has 0 heterocycles. The third-order valence-corrected chi connectivity index (χ3v) is 2.47. The van der Waals surface area contributed by atoms with Crippen molar-refractivity contribution in [1.29, 1.82) is 0 Å². The number of unbranched alkanes of at least 4 members (excludes halogenated alkanes) is 1. The highest BCUT2D eigenvalue weighted by molar-refractivity contribution is 5.94. The van der Waals surface area contributed by atoms with Crippen molar-refractivity contribution in [3.05, 3.63) is 35.4 Å². The van der Waals surface area contributed by atoms with Gasteiger partial charge in [-0.2, -0.15) is 0 Å². The lowest BCUT2D eigenvalue weighted by Gasteiger charge is -2.05. The lowest BCUT2D eigenvalue weighted by atomic mass is 10.1. The summed E-state index contributed by atoms with van der Waals surface area (Å²) in [7, 11) is 0. The molecule has 0 fully saturated rings. The Hall–Kier alpha value is -1.35. The number of carbonyl (C=O) groups excluding carboxylic acids is 1. The smallest absolute Gasteiger partial charge is 0.251 e. The monoisotopic (exact) mass is 220 g/mol. The number of nitrogens with one attached hydrogen (secondary N) is 1. The van der Waals surface area contributed by atoms with Crippen LogP contribution < -0.4 is 11.1 Å². The highest BCUT2D eigenvalue weighted by atomic mass is 16.1. The van der Waals surface area contributed by atoms with Gasteiger partial charge < -0.3 is 11.1 Å². The van der Waals surface area contributed by atoms with Gasteiger partial charge in [-0.15, -0.1) is 0 Å². The zero-order valence-corrected chi connectivity index (χ0v) is 9.83. The molecule has 3 heteroatoms. The Kier molecular flexibility index (Phi) is 5.57. The summed E-state index contributed by atoms with van der Waals surface area (Å²) in [5, 5.41) is 2.89. The van der Waals surface area contributed by atoms with E-state index in [9.17, 15) is 4.79 Å². The van der Waals surface area contributed by atoms with Crippen molar-refractivity contribution < 1.29 is 4.79 Å². The normalized spacial score (nSPS) is 10.1. The van der Waals surface area contributed by atoms with E-state index in [4.69, 9.17) is 5.73 Å². The molecule has 0 aliphatic carbocycles. The number of hydrogen-bond acceptors (Lipinski definition) is 2. The Morgan fingerprint density at radius 2 is 2.00 bits per heavy atom. The number of benzene rings is 1. The van der Waals surface area contributed by atoms with E-state index >= 15 is 0 Å². The summed E-state index contributed by atoms with van der Waals surface area (Å²) in [6, 6.07) is 7.63. The average Bonchev–Trinajstić information content (AvgIpc) is 2.30. The molecule has 0 bridgehead atoms. The largest absolute Gasteiger partial charge is 0.352 e. The molecule has 1 amide bonds. The summed E-state index contributed by atoms with van der Waals surface area (Å²) < 4.78 is 0. The van der Waals surface area contributed by atoms with Gasteiger partial charge >= 0.3 is 0 Å². The quantitative estimate of drug-likeness (QED) is 0.717. The van der Waals surface area contributed by atoms with E-state index in [0.29, 0.717) is 6.54 Å². The summed E-state index contributed by atoms with van der Waals surface area (Å²) in [4.78, 5) is 11.7. The van der Waals surface area contributed by atoms with Gasteiger partial charge in [0.1, 0.15) is 0 Å². The number of rotatable bonds is 6. The van der Waals surface area contributed by atoms with Gasteiger partial charge in [-0.3, -0.25) is 4.79 Å². The van der Waals surface area contributed by atoms with Crippen LogP contribution in [-0.2, 0) is 6.42 Å². The number of hydrogen-bond donors (Lipinski definition) is 2. The van der Waals surface area contributed by atoms with Crippen LogP contribution in [0.3, 0.4) is 0 Å². The van der Waals surface area contributed by atoms with Crippen molar-refractivity contribution in [1.82, 2.24) is 5.32 Å². The lowest BCUT2D eigenvalue weighted by Crippen LogP contribution is -2.24. The first kappa shape index (κ1) is 12.7. The highest BCUT2D eigenvalue weighted by Crippen LogP contribution is 2.04. The van der Waals surface area contributed by atoms with Gasteiger partial charge in [-0.25, -0.2) is 0 Å². The maximum atomic E-state index is 11.7. The minimum Gasteiger partial charge on any atom is -0.352 e. The molecule has 3 N–H and O–H groups in total. The topological polar surface area (TPSA) is 55.1 Å². The molecule has 0 aromatic heterocycles. The molecule has 1 aromatic rings. The van der Waals surface area contributed by atoms with E-state index in [-0.39, 0.29) is 5.91 Å². The Morgan fingerprint density at radius 1 is 1.31 bits per heavy atom. The van der Waals surface area contributed by atoms with Crippen molar-refractivity contribution >= 4 is 5.91 Å². The Labute approximate surface area is 97.0 Å². The predicted molar refractivity (Wildman–Crippen MR) is 66.4 cm³/mol. The molecular weight excluding hydrogens is 200 g/mol. The zero-order valence-electron chi connectivity index (χ0n) is 9.83. The molecule has 1 aromatic carbocycles. The van der Waals surface area contributed by atoms with E-state index in [1.54, 1.807) is 0 Å². The number of nitrogens with two attached hydrogens (primary N) is 1. The van der Waals surface area contributed by atoms with Crippen molar-refractivity contribution in [2.45, 2.75) is 26.2 Å². The van der Waals surface area contributed by atoms with Crippen LogP contribution in [0.25, 0.3) is 0 Å². The second-order valence-electron chi connectivity index (χ2n) is 3.85. The van der Waals surface area contributed by atoms with Gasteiger partial charge in [0.25, 0.3) is 5.91 Å². The van der Waals surface area contributed by atoms with E-state index in [0.717, 1.165) is 31.4 Å². The predicted octanol–water partition coefficient (Wildman–Crippen LogP) is 1.72. The van der Waals surface area contributed by atoms with E-state index in [2.05, 4.69) is 12.2 Å². The molecule has 1 rings (SSSR count). The fourth-order valence-corrected chi connectivity index (χ4v) is 1.47. The standard InChI is InChI=1S/C13H20N2O/c1-2-3-10-15-13(16)12-6-4-11(5-7-12)8-9-14/h4-7H,2-3,8-10,14H2,1H3,(H,15,16). The van der Waals surface area contributed by atoms with E-state index < -0.39 is 0 Å². The van der Waals surface area contributed by atoms with Gasteiger partial charge in [0.15, 0.2) is 0 Å². The lowest BCUT2D eigenvalue weighted by molar-refractivity contribution is 0.0953. The molecule has 0 atom stereocenters. The van der Waals surface area contributed by atoms with Gasteiger partial charge in [0, 0.05) is 12.1 Å². The molecule has 0 spiro atoms. The van der Waals surface area contributed by atoms with Crippen LogP contribution in [0.5, 0.6) is 0 Å². The van der Waals surface area contributed by atoms with Crippen molar-refractivity contribution in [2.24, 2.45) is 5.73 Å². The van der Waals surface area contributed by atoms with Crippen LogP contribution in [0.2, 0.25) is 0 Å². The summed E-state index contributed by atoms with van der Waals surface area (Å²) in [6.45, 7) is 3.50. The van der Waals surface area contributed by atoms with Crippen molar-refractivity contribution in [3.63, 3.8) is 0 Å². The van der Waals surface area contributed by atoms with Crippen LogP contribution in [0, 0.1) is 0 Å². The fraction of sp³-hybridized carbons (Fsp3) is 0.462. The SMILES string of the molecule is CCCCNC(=O)c1ccc(CCN)cc1. The average molecular weight is 220 g/mol. The summed E-state index contributed by atoms with van der Waals surface area (Å²) in [5.74, 6) is 0.00717. The third kappa shape index (κ3) is 4.03. The van der Waals surface area contributed by atoms with Gasteiger partial charge in [0.05, 0.1) is 0 Å². The van der Waals surface area contributed by atoms with Crippen LogP contribution in [0.4, 0.5) is 0 Å². The molecular formula is C13H20N2O. The van der Waals surface area contributed by atoms with Crippen LogP contribution in [-0.4, -0.2) is 19.0 Å². The van der Waals surface area contributed by atoms with Gasteiger partial charge in [0.2, 0.25) is 0 Å². The molecule has 16 heavy (non-hydrogen) atoms. The minimum absolute atomic E-state index is 0.00717. The molecule has 3 nitrogen and oxygen atoms in total. The molecule has 0 radical (unpaired) electrons. The van der Waals surface area contributed by atoms with Crippen molar-refractivity contribution in [2.75, 3.05) is 13.1 Å². The van der Waals surface area contributed by atoms with Crippen molar-refractivity contribution in [3.8, 4) is 0 Å². The Balaban J connectivity index is 2.49. The molecule has 0 aliphatic heterocycles. The molecule has 88 valence electrons. The van der Waals surface area contributed by atoms with E-state index in [1.807, 2.05) is 24.3 Å². The van der Waals surface area contributed by atoms with E-state index in [1.165, 1.54) is 5.56 Å². The molecule has 0 unspecified atom stereocenters.